The van der Waals surface area contributed by atoms with E-state index in [0.29, 0.717) is 13.2 Å². The number of amides is 1. The summed E-state index contributed by atoms with van der Waals surface area (Å²) in [6, 6.07) is 8.49. The predicted molar refractivity (Wildman–Crippen MR) is 74.7 cm³/mol. The van der Waals surface area contributed by atoms with Gasteiger partial charge in [-0.25, -0.2) is 0 Å². The van der Waals surface area contributed by atoms with E-state index in [1.165, 1.54) is 11.1 Å². The van der Waals surface area contributed by atoms with Crippen LogP contribution in [0.4, 0.5) is 0 Å². The van der Waals surface area contributed by atoms with Crippen molar-refractivity contribution in [3.63, 3.8) is 0 Å². The van der Waals surface area contributed by atoms with Gasteiger partial charge in [0.15, 0.2) is 0 Å². The Balaban J connectivity index is 2.05. The zero-order valence-corrected chi connectivity index (χ0v) is 11.5. The molecule has 2 N–H and O–H groups in total. The van der Waals surface area contributed by atoms with Crippen LogP contribution in [0, 0.1) is 6.92 Å². The largest absolute Gasteiger partial charge is 0.370 e. The minimum absolute atomic E-state index is 0.0687. The summed E-state index contributed by atoms with van der Waals surface area (Å²) in [4.78, 5) is 14.1. The van der Waals surface area contributed by atoms with Gasteiger partial charge in [-0.15, -0.1) is 0 Å². The Morgan fingerprint density at radius 3 is 3.00 bits per heavy atom. The standard InChI is InChI=1S/C15H22N2O2/c1-12-5-2-3-6-13(12)14-7-4-9-17(14)15(18)11-19-10-8-16/h2-3,5-6,14H,4,7-11,16H2,1H3. The molecule has 1 aromatic rings. The molecular formula is C15H22N2O2. The number of nitrogens with two attached hydrogens (primary N) is 1. The monoisotopic (exact) mass is 262 g/mol. The maximum absolute atomic E-state index is 12.2. The molecule has 4 nitrogen and oxygen atoms in total. The van der Waals surface area contributed by atoms with Crippen LogP contribution in [0.5, 0.6) is 0 Å². The summed E-state index contributed by atoms with van der Waals surface area (Å²) in [6.07, 6.45) is 2.09. The van der Waals surface area contributed by atoms with Crippen molar-refractivity contribution in [1.29, 1.82) is 0 Å². The highest BCUT2D eigenvalue weighted by Gasteiger charge is 2.30. The second-order valence-corrected chi connectivity index (χ2v) is 4.94. The number of likely N-dealkylation sites (tertiary alicyclic amines) is 1. The highest BCUT2D eigenvalue weighted by molar-refractivity contribution is 5.78. The Morgan fingerprint density at radius 1 is 1.47 bits per heavy atom. The minimum Gasteiger partial charge on any atom is -0.370 e. The van der Waals surface area contributed by atoms with Crippen LogP contribution < -0.4 is 5.73 Å². The summed E-state index contributed by atoms with van der Waals surface area (Å²) in [6.45, 7) is 3.95. The molecule has 0 bridgehead atoms. The summed E-state index contributed by atoms with van der Waals surface area (Å²) >= 11 is 0. The third kappa shape index (κ3) is 3.33. The molecule has 1 aliphatic rings. The number of ether oxygens (including phenoxy) is 1. The van der Waals surface area contributed by atoms with E-state index in [4.69, 9.17) is 10.5 Å². The van der Waals surface area contributed by atoms with E-state index < -0.39 is 0 Å². The lowest BCUT2D eigenvalue weighted by atomic mass is 9.99. The molecule has 0 spiro atoms. The van der Waals surface area contributed by atoms with Gasteiger partial charge < -0.3 is 15.4 Å². The molecule has 4 heteroatoms. The van der Waals surface area contributed by atoms with Crippen LogP contribution in [0.25, 0.3) is 0 Å². The van der Waals surface area contributed by atoms with Gasteiger partial charge in [-0.05, 0) is 30.9 Å². The highest BCUT2D eigenvalue weighted by Crippen LogP contribution is 2.33. The predicted octanol–water partition coefficient (Wildman–Crippen LogP) is 1.63. The molecular weight excluding hydrogens is 240 g/mol. The van der Waals surface area contributed by atoms with E-state index in [2.05, 4.69) is 19.1 Å². The van der Waals surface area contributed by atoms with Crippen LogP contribution in [0.2, 0.25) is 0 Å². The molecule has 1 aromatic carbocycles. The fraction of sp³-hybridized carbons (Fsp3) is 0.533. The summed E-state index contributed by atoms with van der Waals surface area (Å²) in [7, 11) is 0. The van der Waals surface area contributed by atoms with Gasteiger partial charge in [0, 0.05) is 13.1 Å². The molecule has 1 aliphatic heterocycles. The van der Waals surface area contributed by atoms with Gasteiger partial charge in [-0.2, -0.15) is 0 Å². The van der Waals surface area contributed by atoms with Gasteiger partial charge in [-0.3, -0.25) is 4.79 Å². The quantitative estimate of drug-likeness (QED) is 0.821. The normalized spacial score (nSPS) is 18.8. The third-order valence-corrected chi connectivity index (χ3v) is 3.61. The van der Waals surface area contributed by atoms with Crippen molar-refractivity contribution in [2.75, 3.05) is 26.3 Å². The molecule has 1 saturated heterocycles. The Bertz CT molecular complexity index is 434. The van der Waals surface area contributed by atoms with Gasteiger partial charge in [0.2, 0.25) is 5.91 Å². The zero-order valence-electron chi connectivity index (χ0n) is 11.5. The van der Waals surface area contributed by atoms with E-state index >= 15 is 0 Å². The fourth-order valence-corrected chi connectivity index (χ4v) is 2.67. The number of hydrogen-bond acceptors (Lipinski definition) is 3. The van der Waals surface area contributed by atoms with Crippen molar-refractivity contribution in [3.8, 4) is 0 Å². The molecule has 1 unspecified atom stereocenters. The Labute approximate surface area is 114 Å². The first-order valence-electron chi connectivity index (χ1n) is 6.87. The van der Waals surface area contributed by atoms with Crippen LogP contribution in [0.1, 0.15) is 30.0 Å². The molecule has 1 fully saturated rings. The van der Waals surface area contributed by atoms with Crippen molar-refractivity contribution >= 4 is 5.91 Å². The average Bonchev–Trinajstić information content (AvgIpc) is 2.88. The summed E-state index contributed by atoms with van der Waals surface area (Å²) < 4.78 is 5.26. The van der Waals surface area contributed by atoms with E-state index in [-0.39, 0.29) is 18.6 Å². The molecule has 1 amide bonds. The molecule has 1 atom stereocenters. The molecule has 104 valence electrons. The number of carbonyl (C=O) groups is 1. The van der Waals surface area contributed by atoms with E-state index in [1.54, 1.807) is 0 Å². The van der Waals surface area contributed by atoms with E-state index in [0.717, 1.165) is 19.4 Å². The lowest BCUT2D eigenvalue weighted by Gasteiger charge is -2.26. The molecule has 19 heavy (non-hydrogen) atoms. The van der Waals surface area contributed by atoms with Crippen LogP contribution in [-0.2, 0) is 9.53 Å². The van der Waals surface area contributed by atoms with Gasteiger partial charge >= 0.3 is 0 Å². The lowest BCUT2D eigenvalue weighted by Crippen LogP contribution is -2.34. The smallest absolute Gasteiger partial charge is 0.249 e. The SMILES string of the molecule is Cc1ccccc1C1CCCN1C(=O)COCCN. The van der Waals surface area contributed by atoms with Crippen molar-refractivity contribution in [2.24, 2.45) is 5.73 Å². The van der Waals surface area contributed by atoms with Crippen LogP contribution in [0.15, 0.2) is 24.3 Å². The second-order valence-electron chi connectivity index (χ2n) is 4.94. The molecule has 0 saturated carbocycles. The first-order valence-corrected chi connectivity index (χ1v) is 6.87. The molecule has 2 rings (SSSR count). The van der Waals surface area contributed by atoms with E-state index in [1.807, 2.05) is 17.0 Å². The Hall–Kier alpha value is -1.39. The van der Waals surface area contributed by atoms with Crippen molar-refractivity contribution in [1.82, 2.24) is 4.90 Å². The van der Waals surface area contributed by atoms with Gasteiger partial charge in [0.05, 0.1) is 12.6 Å². The van der Waals surface area contributed by atoms with Crippen molar-refractivity contribution < 1.29 is 9.53 Å². The van der Waals surface area contributed by atoms with E-state index in [9.17, 15) is 4.79 Å². The van der Waals surface area contributed by atoms with Crippen LogP contribution in [-0.4, -0.2) is 37.1 Å². The number of hydrogen-bond donors (Lipinski definition) is 1. The van der Waals surface area contributed by atoms with Crippen LogP contribution in [0.3, 0.4) is 0 Å². The summed E-state index contributed by atoms with van der Waals surface area (Å²) in [5.41, 5.74) is 7.86. The summed E-state index contributed by atoms with van der Waals surface area (Å²) in [5, 5.41) is 0. The number of carbonyl (C=O) groups excluding carboxylic acids is 1. The third-order valence-electron chi connectivity index (χ3n) is 3.61. The maximum atomic E-state index is 12.2. The average molecular weight is 262 g/mol. The number of aryl methyl sites for hydroxylation is 1. The van der Waals surface area contributed by atoms with Crippen molar-refractivity contribution in [2.45, 2.75) is 25.8 Å². The number of rotatable bonds is 5. The Morgan fingerprint density at radius 2 is 2.26 bits per heavy atom. The second kappa shape index (κ2) is 6.68. The molecule has 0 aliphatic carbocycles. The molecule has 1 heterocycles. The van der Waals surface area contributed by atoms with Gasteiger partial charge in [0.1, 0.15) is 6.61 Å². The lowest BCUT2D eigenvalue weighted by molar-refractivity contribution is -0.137. The van der Waals surface area contributed by atoms with Gasteiger partial charge in [-0.1, -0.05) is 24.3 Å². The Kier molecular flexibility index (Phi) is 4.93. The van der Waals surface area contributed by atoms with Gasteiger partial charge in [0.25, 0.3) is 0 Å². The first kappa shape index (κ1) is 14.0. The van der Waals surface area contributed by atoms with Crippen molar-refractivity contribution in [3.05, 3.63) is 35.4 Å². The summed E-state index contributed by atoms with van der Waals surface area (Å²) in [5.74, 6) is 0.0687. The molecule has 0 aromatic heterocycles. The highest BCUT2D eigenvalue weighted by atomic mass is 16.5. The maximum Gasteiger partial charge on any atom is 0.249 e. The molecule has 0 radical (unpaired) electrons. The zero-order chi connectivity index (χ0) is 13.7. The minimum atomic E-state index is 0.0687. The number of nitrogens with zero attached hydrogens (tertiary/aromatic N) is 1. The topological polar surface area (TPSA) is 55.6 Å². The fourth-order valence-electron chi connectivity index (χ4n) is 2.67. The first-order chi connectivity index (χ1) is 9.24. The van der Waals surface area contributed by atoms with Crippen LogP contribution >= 0.6 is 0 Å². The number of benzene rings is 1.